The predicted octanol–water partition coefficient (Wildman–Crippen LogP) is 3.51. The van der Waals surface area contributed by atoms with E-state index in [1.54, 1.807) is 18.2 Å². The summed E-state index contributed by atoms with van der Waals surface area (Å²) < 4.78 is 30.4. The van der Waals surface area contributed by atoms with Gasteiger partial charge in [0, 0.05) is 0 Å². The summed E-state index contributed by atoms with van der Waals surface area (Å²) in [4.78, 5) is 12.2. The fourth-order valence-electron chi connectivity index (χ4n) is 2.24. The van der Waals surface area contributed by atoms with E-state index in [0.717, 1.165) is 5.56 Å². The SMILES string of the molecule is CCC[C@@H](NC(=O)OCc1ccccc1)S(=O)(=O)c1ccccc1. The average molecular weight is 347 g/mol. The summed E-state index contributed by atoms with van der Waals surface area (Å²) in [5.74, 6) is 0. The van der Waals surface area contributed by atoms with E-state index in [9.17, 15) is 13.2 Å². The van der Waals surface area contributed by atoms with E-state index in [2.05, 4.69) is 5.32 Å². The Kier molecular flexibility index (Phi) is 6.37. The number of carbonyl (C=O) groups excluding carboxylic acids is 1. The van der Waals surface area contributed by atoms with Crippen LogP contribution in [-0.4, -0.2) is 19.9 Å². The first-order valence-corrected chi connectivity index (χ1v) is 9.35. The van der Waals surface area contributed by atoms with Crippen LogP contribution in [0.4, 0.5) is 4.79 Å². The molecular formula is C18H21NO4S. The van der Waals surface area contributed by atoms with Crippen molar-refractivity contribution < 1.29 is 17.9 Å². The predicted molar refractivity (Wildman–Crippen MR) is 92.1 cm³/mol. The topological polar surface area (TPSA) is 72.5 Å². The molecule has 0 saturated heterocycles. The molecule has 0 aromatic heterocycles. The van der Waals surface area contributed by atoms with Crippen LogP contribution in [0.3, 0.4) is 0 Å². The number of sulfone groups is 1. The summed E-state index contributed by atoms with van der Waals surface area (Å²) in [5.41, 5.74) is 0.839. The Balaban J connectivity index is 2.04. The number of benzene rings is 2. The second-order valence-electron chi connectivity index (χ2n) is 5.34. The highest BCUT2D eigenvalue weighted by molar-refractivity contribution is 7.92. The highest BCUT2D eigenvalue weighted by Gasteiger charge is 2.28. The van der Waals surface area contributed by atoms with Crippen LogP contribution in [0.5, 0.6) is 0 Å². The van der Waals surface area contributed by atoms with Crippen LogP contribution in [0.2, 0.25) is 0 Å². The number of amides is 1. The molecule has 0 bridgehead atoms. The monoisotopic (exact) mass is 347 g/mol. The van der Waals surface area contributed by atoms with Crippen molar-refractivity contribution in [1.29, 1.82) is 0 Å². The van der Waals surface area contributed by atoms with Gasteiger partial charge in [0.25, 0.3) is 0 Å². The highest BCUT2D eigenvalue weighted by Crippen LogP contribution is 2.17. The van der Waals surface area contributed by atoms with Crippen LogP contribution in [0.25, 0.3) is 0 Å². The van der Waals surface area contributed by atoms with Crippen molar-refractivity contribution in [2.45, 2.75) is 36.6 Å². The normalized spacial score (nSPS) is 12.4. The maximum Gasteiger partial charge on any atom is 0.408 e. The number of alkyl carbamates (subject to hydrolysis) is 1. The van der Waals surface area contributed by atoms with Crippen molar-refractivity contribution in [2.24, 2.45) is 0 Å². The Morgan fingerprint density at radius 1 is 1.04 bits per heavy atom. The first kappa shape index (κ1) is 18.0. The smallest absolute Gasteiger partial charge is 0.408 e. The van der Waals surface area contributed by atoms with Crippen LogP contribution < -0.4 is 5.32 Å². The first-order chi connectivity index (χ1) is 11.5. The van der Waals surface area contributed by atoms with E-state index in [1.807, 2.05) is 37.3 Å². The van der Waals surface area contributed by atoms with Gasteiger partial charge in [0.15, 0.2) is 9.84 Å². The second kappa shape index (κ2) is 8.49. The number of hydrogen-bond acceptors (Lipinski definition) is 4. The minimum absolute atomic E-state index is 0.0941. The zero-order valence-corrected chi connectivity index (χ0v) is 14.3. The standard InChI is InChI=1S/C18H21NO4S/c1-2-9-17(24(21,22)16-12-7-4-8-13-16)19-18(20)23-14-15-10-5-3-6-11-15/h3-8,10-13,17H,2,9,14H2,1H3,(H,19,20)/t17-/m0/s1. The number of carbonyl (C=O) groups is 1. The summed E-state index contributed by atoms with van der Waals surface area (Å²) in [5, 5.41) is 1.47. The summed E-state index contributed by atoms with van der Waals surface area (Å²) in [6, 6.07) is 17.3. The lowest BCUT2D eigenvalue weighted by Gasteiger charge is -2.18. The van der Waals surface area contributed by atoms with Gasteiger partial charge in [-0.25, -0.2) is 13.2 Å². The summed E-state index contributed by atoms with van der Waals surface area (Å²) in [6.07, 6.45) is 0.199. The molecule has 1 atom stereocenters. The molecule has 0 heterocycles. The van der Waals surface area contributed by atoms with Crippen molar-refractivity contribution in [3.63, 3.8) is 0 Å². The maximum atomic E-state index is 12.7. The van der Waals surface area contributed by atoms with E-state index in [0.29, 0.717) is 12.8 Å². The van der Waals surface area contributed by atoms with Gasteiger partial charge in [0.1, 0.15) is 12.0 Å². The third-order valence-electron chi connectivity index (χ3n) is 3.49. The van der Waals surface area contributed by atoms with Crippen LogP contribution in [0.1, 0.15) is 25.3 Å². The van der Waals surface area contributed by atoms with Crippen LogP contribution >= 0.6 is 0 Å². The van der Waals surface area contributed by atoms with Gasteiger partial charge in [0.05, 0.1) is 4.90 Å². The number of rotatable bonds is 7. The molecule has 1 N–H and O–H groups in total. The lowest BCUT2D eigenvalue weighted by molar-refractivity contribution is 0.138. The molecule has 0 fully saturated rings. The fourth-order valence-corrected chi connectivity index (χ4v) is 3.90. The van der Waals surface area contributed by atoms with Crippen molar-refractivity contribution in [1.82, 2.24) is 5.32 Å². The molecule has 0 aliphatic rings. The van der Waals surface area contributed by atoms with Crippen LogP contribution in [0.15, 0.2) is 65.6 Å². The molecule has 0 aliphatic carbocycles. The van der Waals surface area contributed by atoms with Gasteiger partial charge in [-0.1, -0.05) is 61.9 Å². The van der Waals surface area contributed by atoms with E-state index in [-0.39, 0.29) is 11.5 Å². The Hall–Kier alpha value is -2.34. The Labute approximate surface area is 142 Å². The molecular weight excluding hydrogens is 326 g/mol. The third-order valence-corrected chi connectivity index (χ3v) is 5.52. The molecule has 1 amide bonds. The van der Waals surface area contributed by atoms with Crippen LogP contribution in [0, 0.1) is 0 Å². The quantitative estimate of drug-likeness (QED) is 0.832. The van der Waals surface area contributed by atoms with Gasteiger partial charge in [-0.05, 0) is 24.1 Å². The molecule has 2 aromatic carbocycles. The molecule has 2 rings (SSSR count). The number of ether oxygens (including phenoxy) is 1. The minimum atomic E-state index is -3.65. The highest BCUT2D eigenvalue weighted by atomic mass is 32.2. The van der Waals surface area contributed by atoms with Crippen molar-refractivity contribution in [3.05, 3.63) is 66.2 Å². The second-order valence-corrected chi connectivity index (χ2v) is 7.47. The zero-order valence-electron chi connectivity index (χ0n) is 13.5. The summed E-state index contributed by atoms with van der Waals surface area (Å²) in [6.45, 7) is 1.96. The van der Waals surface area contributed by atoms with Gasteiger partial charge in [0.2, 0.25) is 0 Å². The van der Waals surface area contributed by atoms with E-state index < -0.39 is 21.3 Å². The number of nitrogens with one attached hydrogen (secondary N) is 1. The van der Waals surface area contributed by atoms with E-state index in [4.69, 9.17) is 4.74 Å². The molecule has 0 aliphatic heterocycles. The fraction of sp³-hybridized carbons (Fsp3) is 0.278. The Morgan fingerprint density at radius 3 is 2.21 bits per heavy atom. The molecule has 2 aromatic rings. The van der Waals surface area contributed by atoms with Crippen molar-refractivity contribution in [2.75, 3.05) is 0 Å². The lowest BCUT2D eigenvalue weighted by atomic mass is 10.2. The molecule has 128 valence electrons. The van der Waals surface area contributed by atoms with Gasteiger partial charge in [-0.15, -0.1) is 0 Å². The lowest BCUT2D eigenvalue weighted by Crippen LogP contribution is -2.41. The van der Waals surface area contributed by atoms with Gasteiger partial charge in [-0.2, -0.15) is 0 Å². The van der Waals surface area contributed by atoms with Crippen molar-refractivity contribution >= 4 is 15.9 Å². The minimum Gasteiger partial charge on any atom is -0.445 e. The van der Waals surface area contributed by atoms with Gasteiger partial charge in [-0.3, -0.25) is 0 Å². The van der Waals surface area contributed by atoms with Gasteiger partial charge < -0.3 is 10.1 Å². The molecule has 5 nitrogen and oxygen atoms in total. The molecule has 0 saturated carbocycles. The van der Waals surface area contributed by atoms with Crippen molar-refractivity contribution in [3.8, 4) is 0 Å². The Morgan fingerprint density at radius 2 is 1.62 bits per heavy atom. The van der Waals surface area contributed by atoms with E-state index >= 15 is 0 Å². The van der Waals surface area contributed by atoms with Crippen LogP contribution in [-0.2, 0) is 21.2 Å². The first-order valence-electron chi connectivity index (χ1n) is 7.80. The molecule has 6 heteroatoms. The molecule has 24 heavy (non-hydrogen) atoms. The third kappa shape index (κ3) is 4.83. The largest absolute Gasteiger partial charge is 0.445 e. The van der Waals surface area contributed by atoms with Gasteiger partial charge >= 0.3 is 6.09 Å². The molecule has 0 unspecified atom stereocenters. The van der Waals surface area contributed by atoms with E-state index in [1.165, 1.54) is 12.1 Å². The summed E-state index contributed by atoms with van der Waals surface area (Å²) >= 11 is 0. The molecule has 0 spiro atoms. The molecule has 0 radical (unpaired) electrons. The number of hydrogen-bond donors (Lipinski definition) is 1. The average Bonchev–Trinajstić information content (AvgIpc) is 2.61. The maximum absolute atomic E-state index is 12.7. The summed E-state index contributed by atoms with van der Waals surface area (Å²) in [7, 11) is -3.65. The Bertz CT molecular complexity index is 745. The zero-order chi connectivity index (χ0) is 17.4.